The molecular weight excluding hydrogens is 246 g/mol. The Morgan fingerprint density at radius 3 is 1.10 bits per heavy atom. The fourth-order valence-corrected chi connectivity index (χ4v) is 1.24. The van der Waals surface area contributed by atoms with E-state index in [-0.39, 0.29) is 0 Å². The SMILES string of the molecule is CC.CC.CC.CCCNCCCNCCNCCC. The summed E-state index contributed by atoms with van der Waals surface area (Å²) in [7, 11) is 0. The largest absolute Gasteiger partial charge is 0.317 e. The third-order valence-electron chi connectivity index (χ3n) is 2.04. The Balaban J connectivity index is -0.000000187. The topological polar surface area (TPSA) is 36.1 Å². The fourth-order valence-electron chi connectivity index (χ4n) is 1.24. The van der Waals surface area contributed by atoms with Gasteiger partial charge in [-0.1, -0.05) is 55.4 Å². The minimum Gasteiger partial charge on any atom is -0.317 e. The van der Waals surface area contributed by atoms with Crippen molar-refractivity contribution in [2.75, 3.05) is 39.3 Å². The van der Waals surface area contributed by atoms with Crippen molar-refractivity contribution in [2.24, 2.45) is 0 Å². The predicted octanol–water partition coefficient (Wildman–Crippen LogP) is 4.04. The standard InChI is InChI=1S/C11H27N3.3C2H6/c1-3-6-12-8-5-9-14-11-10-13-7-4-2;3*1-2/h12-14H,3-11H2,1-2H3;3*1-2H3. The molecule has 128 valence electrons. The van der Waals surface area contributed by atoms with Crippen LogP contribution in [0, 0.1) is 0 Å². The van der Waals surface area contributed by atoms with E-state index in [4.69, 9.17) is 0 Å². The molecule has 3 N–H and O–H groups in total. The Labute approximate surface area is 130 Å². The van der Waals surface area contributed by atoms with E-state index in [1.807, 2.05) is 41.5 Å². The molecule has 0 bridgehead atoms. The van der Waals surface area contributed by atoms with Crippen LogP contribution in [0.3, 0.4) is 0 Å². The molecule has 0 aliphatic carbocycles. The first-order valence-corrected chi connectivity index (χ1v) is 9.04. The Bertz CT molecular complexity index is 86.2. The third-order valence-corrected chi connectivity index (χ3v) is 2.04. The number of hydrogen-bond donors (Lipinski definition) is 3. The minimum atomic E-state index is 1.09. The average molecular weight is 292 g/mol. The molecule has 0 aromatic rings. The van der Waals surface area contributed by atoms with Gasteiger partial charge in [-0.15, -0.1) is 0 Å². The van der Waals surface area contributed by atoms with Gasteiger partial charge in [0.2, 0.25) is 0 Å². The van der Waals surface area contributed by atoms with Gasteiger partial charge in [0, 0.05) is 13.1 Å². The molecular formula is C17H45N3. The second-order valence-corrected chi connectivity index (χ2v) is 3.60. The van der Waals surface area contributed by atoms with Crippen LogP contribution in [0.1, 0.15) is 74.7 Å². The molecule has 0 aromatic carbocycles. The normalized spacial score (nSPS) is 8.40. The first kappa shape index (κ1) is 28.1. The lowest BCUT2D eigenvalue weighted by atomic mass is 10.4. The van der Waals surface area contributed by atoms with E-state index in [9.17, 15) is 0 Å². The summed E-state index contributed by atoms with van der Waals surface area (Å²) in [6.07, 6.45) is 3.68. The molecule has 0 fully saturated rings. The van der Waals surface area contributed by atoms with Crippen LogP contribution in [0.15, 0.2) is 0 Å². The van der Waals surface area contributed by atoms with Crippen LogP contribution in [0.25, 0.3) is 0 Å². The number of hydrogen-bond acceptors (Lipinski definition) is 3. The molecule has 0 spiro atoms. The summed E-state index contributed by atoms with van der Waals surface area (Å²) in [5.74, 6) is 0. The zero-order valence-electron chi connectivity index (χ0n) is 15.9. The summed E-state index contributed by atoms with van der Waals surface area (Å²) < 4.78 is 0. The smallest absolute Gasteiger partial charge is 0.00767 e. The molecule has 0 aliphatic heterocycles. The van der Waals surface area contributed by atoms with Crippen molar-refractivity contribution in [2.45, 2.75) is 74.7 Å². The zero-order valence-corrected chi connectivity index (χ0v) is 15.9. The van der Waals surface area contributed by atoms with Crippen molar-refractivity contribution < 1.29 is 0 Å². The summed E-state index contributed by atoms with van der Waals surface area (Å²) in [4.78, 5) is 0. The molecule has 0 heterocycles. The Morgan fingerprint density at radius 1 is 0.450 bits per heavy atom. The van der Waals surface area contributed by atoms with E-state index in [0.717, 1.165) is 39.3 Å². The first-order valence-electron chi connectivity index (χ1n) is 9.04. The van der Waals surface area contributed by atoms with Gasteiger partial charge in [0.1, 0.15) is 0 Å². The summed E-state index contributed by atoms with van der Waals surface area (Å²) in [6.45, 7) is 23.1. The van der Waals surface area contributed by atoms with Gasteiger partial charge >= 0.3 is 0 Å². The lowest BCUT2D eigenvalue weighted by Gasteiger charge is -2.06. The summed E-state index contributed by atoms with van der Waals surface area (Å²) >= 11 is 0. The molecule has 0 amide bonds. The van der Waals surface area contributed by atoms with Crippen molar-refractivity contribution in [3.8, 4) is 0 Å². The van der Waals surface area contributed by atoms with E-state index in [0.29, 0.717) is 0 Å². The van der Waals surface area contributed by atoms with Crippen molar-refractivity contribution in [3.63, 3.8) is 0 Å². The highest BCUT2D eigenvalue weighted by Crippen LogP contribution is 1.75. The van der Waals surface area contributed by atoms with Gasteiger partial charge < -0.3 is 16.0 Å². The van der Waals surface area contributed by atoms with Crippen LogP contribution in [0.5, 0.6) is 0 Å². The van der Waals surface area contributed by atoms with Gasteiger partial charge in [0.25, 0.3) is 0 Å². The zero-order chi connectivity index (χ0) is 16.5. The van der Waals surface area contributed by atoms with E-state index in [1.54, 1.807) is 0 Å². The highest BCUT2D eigenvalue weighted by atomic mass is 14.9. The van der Waals surface area contributed by atoms with Crippen LogP contribution in [0.4, 0.5) is 0 Å². The number of rotatable bonds is 11. The molecule has 3 nitrogen and oxygen atoms in total. The molecule has 0 atom stereocenters. The second-order valence-electron chi connectivity index (χ2n) is 3.60. The van der Waals surface area contributed by atoms with Crippen molar-refractivity contribution in [1.29, 1.82) is 0 Å². The van der Waals surface area contributed by atoms with Crippen LogP contribution >= 0.6 is 0 Å². The van der Waals surface area contributed by atoms with Crippen LogP contribution in [-0.4, -0.2) is 39.3 Å². The second kappa shape index (κ2) is 42.8. The molecule has 0 aromatic heterocycles. The molecule has 3 heteroatoms. The van der Waals surface area contributed by atoms with Gasteiger partial charge in [-0.3, -0.25) is 0 Å². The average Bonchev–Trinajstić information content (AvgIpc) is 2.55. The Hall–Kier alpha value is -0.120. The molecule has 0 aliphatic rings. The van der Waals surface area contributed by atoms with Crippen LogP contribution < -0.4 is 16.0 Å². The Kier molecular flexibility index (Phi) is 60.1. The maximum atomic E-state index is 3.42. The highest BCUT2D eigenvalue weighted by molar-refractivity contribution is 4.53. The lowest BCUT2D eigenvalue weighted by Crippen LogP contribution is -2.29. The number of nitrogens with one attached hydrogen (secondary N) is 3. The molecule has 0 radical (unpaired) electrons. The molecule has 20 heavy (non-hydrogen) atoms. The van der Waals surface area contributed by atoms with Gasteiger partial charge in [0.05, 0.1) is 0 Å². The summed E-state index contributed by atoms with van der Waals surface area (Å²) in [5.41, 5.74) is 0. The first-order chi connectivity index (χ1) is 9.91. The van der Waals surface area contributed by atoms with Gasteiger partial charge in [0.15, 0.2) is 0 Å². The molecule has 0 unspecified atom stereocenters. The van der Waals surface area contributed by atoms with E-state index in [2.05, 4.69) is 29.8 Å². The molecule has 0 saturated heterocycles. The minimum absolute atomic E-state index is 1.09. The highest BCUT2D eigenvalue weighted by Gasteiger charge is 1.88. The van der Waals surface area contributed by atoms with E-state index < -0.39 is 0 Å². The summed E-state index contributed by atoms with van der Waals surface area (Å²) in [5, 5.41) is 10.2. The molecule has 0 rings (SSSR count). The van der Waals surface area contributed by atoms with Gasteiger partial charge in [-0.2, -0.15) is 0 Å². The maximum absolute atomic E-state index is 3.42. The quantitative estimate of drug-likeness (QED) is 0.503. The van der Waals surface area contributed by atoms with E-state index in [1.165, 1.54) is 19.3 Å². The van der Waals surface area contributed by atoms with Crippen molar-refractivity contribution in [1.82, 2.24) is 16.0 Å². The van der Waals surface area contributed by atoms with Gasteiger partial charge in [-0.05, 0) is 45.4 Å². The van der Waals surface area contributed by atoms with Crippen LogP contribution in [0.2, 0.25) is 0 Å². The lowest BCUT2D eigenvalue weighted by molar-refractivity contribution is 0.570. The Morgan fingerprint density at radius 2 is 0.750 bits per heavy atom. The predicted molar refractivity (Wildman–Crippen MR) is 97.9 cm³/mol. The maximum Gasteiger partial charge on any atom is 0.00767 e. The third kappa shape index (κ3) is 43.0. The van der Waals surface area contributed by atoms with E-state index >= 15 is 0 Å². The van der Waals surface area contributed by atoms with Crippen molar-refractivity contribution >= 4 is 0 Å². The van der Waals surface area contributed by atoms with Crippen molar-refractivity contribution in [3.05, 3.63) is 0 Å². The monoisotopic (exact) mass is 291 g/mol. The molecule has 0 saturated carbocycles. The van der Waals surface area contributed by atoms with Crippen LogP contribution in [-0.2, 0) is 0 Å². The summed E-state index contributed by atoms with van der Waals surface area (Å²) in [6, 6.07) is 0. The fraction of sp³-hybridized carbons (Fsp3) is 1.00. The van der Waals surface area contributed by atoms with Gasteiger partial charge in [-0.25, -0.2) is 0 Å².